The maximum Gasteiger partial charge on any atom is 0.416 e. The molecule has 2 aliphatic rings. The van der Waals surface area contributed by atoms with Crippen molar-refractivity contribution in [1.82, 2.24) is 5.01 Å². The van der Waals surface area contributed by atoms with Crippen molar-refractivity contribution in [2.45, 2.75) is 36.4 Å². The van der Waals surface area contributed by atoms with E-state index in [0.29, 0.717) is 30.2 Å². The Morgan fingerprint density at radius 3 is 2.26 bits per heavy atom. The molecule has 0 radical (unpaired) electrons. The van der Waals surface area contributed by atoms with Crippen LogP contribution in [0.25, 0.3) is 6.08 Å². The van der Waals surface area contributed by atoms with Gasteiger partial charge in [-0.25, -0.2) is 22.2 Å². The fourth-order valence-corrected chi connectivity index (χ4v) is 6.92. The number of benzene rings is 4. The van der Waals surface area contributed by atoms with E-state index < -0.39 is 39.5 Å². The van der Waals surface area contributed by atoms with Crippen LogP contribution in [0.3, 0.4) is 0 Å². The maximum atomic E-state index is 14.1. The number of rotatable bonds is 6. The van der Waals surface area contributed by atoms with E-state index in [1.54, 1.807) is 24.3 Å². The largest absolute Gasteiger partial charge is 0.416 e. The minimum atomic E-state index is -4.67. The number of nitrogens with one attached hydrogen (secondary N) is 1. The monoisotopic (exact) mass is 651 g/mol. The first-order chi connectivity index (χ1) is 21.9. The van der Waals surface area contributed by atoms with E-state index in [2.05, 4.69) is 4.72 Å². The van der Waals surface area contributed by atoms with Crippen LogP contribution in [0.1, 0.15) is 52.4 Å². The van der Waals surface area contributed by atoms with Crippen molar-refractivity contribution in [1.29, 1.82) is 0 Å². The van der Waals surface area contributed by atoms with Crippen molar-refractivity contribution < 1.29 is 35.2 Å². The SMILES string of the molecule is O=C(c1cccc(S(=O)(=O)Nc2cccc(C(F)(F)F)c2)c1)N1N=C2/C(=C\c3ccc(F)cc3)CCCC2C1c1ccc(F)cc1. The van der Waals surface area contributed by atoms with Crippen LogP contribution in [0.5, 0.6) is 0 Å². The number of fused-ring (bicyclic) bond motifs is 1. The smallest absolute Gasteiger partial charge is 0.280 e. The zero-order chi connectivity index (χ0) is 32.6. The number of hydrogen-bond donors (Lipinski definition) is 1. The fourth-order valence-electron chi connectivity index (χ4n) is 5.82. The van der Waals surface area contributed by atoms with Gasteiger partial charge in [-0.3, -0.25) is 9.52 Å². The zero-order valence-electron chi connectivity index (χ0n) is 24.0. The number of anilines is 1. The molecule has 2 atom stereocenters. The van der Waals surface area contributed by atoms with E-state index in [1.165, 1.54) is 53.5 Å². The average molecular weight is 652 g/mol. The summed E-state index contributed by atoms with van der Waals surface area (Å²) in [4.78, 5) is 13.7. The highest BCUT2D eigenvalue weighted by molar-refractivity contribution is 7.92. The molecule has 1 heterocycles. The summed E-state index contributed by atoms with van der Waals surface area (Å²) in [5.41, 5.74) is 1.58. The molecule has 1 aliphatic carbocycles. The molecule has 1 aliphatic heterocycles. The van der Waals surface area contributed by atoms with E-state index >= 15 is 0 Å². The number of sulfonamides is 1. The lowest BCUT2D eigenvalue weighted by Crippen LogP contribution is -2.32. The first-order valence-electron chi connectivity index (χ1n) is 14.3. The Bertz CT molecular complexity index is 1960. The number of amides is 1. The molecule has 1 amide bonds. The van der Waals surface area contributed by atoms with Crippen LogP contribution in [0.2, 0.25) is 0 Å². The van der Waals surface area contributed by atoms with Gasteiger partial charge in [0.1, 0.15) is 11.6 Å². The molecule has 6 rings (SSSR count). The molecule has 0 aromatic heterocycles. The van der Waals surface area contributed by atoms with Crippen molar-refractivity contribution in [2.75, 3.05) is 4.72 Å². The summed E-state index contributed by atoms with van der Waals surface area (Å²) in [5, 5.41) is 6.03. The Morgan fingerprint density at radius 2 is 1.57 bits per heavy atom. The van der Waals surface area contributed by atoms with Crippen molar-refractivity contribution in [3.8, 4) is 0 Å². The molecule has 6 nitrogen and oxygen atoms in total. The summed E-state index contributed by atoms with van der Waals surface area (Å²) in [6.07, 6.45) is -0.643. The summed E-state index contributed by atoms with van der Waals surface area (Å²) in [7, 11) is -4.39. The van der Waals surface area contributed by atoms with Crippen molar-refractivity contribution in [3.05, 3.63) is 137 Å². The molecule has 1 saturated carbocycles. The third-order valence-corrected chi connectivity index (χ3v) is 9.34. The van der Waals surface area contributed by atoms with Crippen LogP contribution >= 0.6 is 0 Å². The highest BCUT2D eigenvalue weighted by atomic mass is 32.2. The molecule has 236 valence electrons. The van der Waals surface area contributed by atoms with Crippen LogP contribution < -0.4 is 4.72 Å². The zero-order valence-corrected chi connectivity index (χ0v) is 24.8. The number of allylic oxidation sites excluding steroid dienone is 1. The lowest BCUT2D eigenvalue weighted by molar-refractivity contribution is -0.137. The number of alkyl halides is 3. The predicted molar refractivity (Wildman–Crippen MR) is 163 cm³/mol. The van der Waals surface area contributed by atoms with Gasteiger partial charge >= 0.3 is 6.18 Å². The molecule has 0 bridgehead atoms. The number of hydrogen-bond acceptors (Lipinski definition) is 4. The van der Waals surface area contributed by atoms with Crippen LogP contribution in [0, 0.1) is 17.6 Å². The van der Waals surface area contributed by atoms with Crippen molar-refractivity contribution in [2.24, 2.45) is 11.0 Å². The highest BCUT2D eigenvalue weighted by Gasteiger charge is 2.44. The summed E-state index contributed by atoms with van der Waals surface area (Å²) >= 11 is 0. The Labute approximate surface area is 261 Å². The van der Waals surface area contributed by atoms with Gasteiger partial charge in [0, 0.05) is 17.2 Å². The second-order valence-corrected chi connectivity index (χ2v) is 12.7. The van der Waals surface area contributed by atoms with Crippen LogP contribution in [0.4, 0.5) is 27.6 Å². The Kier molecular flexibility index (Phi) is 8.24. The van der Waals surface area contributed by atoms with E-state index in [1.807, 2.05) is 6.08 Å². The second-order valence-electron chi connectivity index (χ2n) is 11.1. The lowest BCUT2D eigenvalue weighted by Gasteiger charge is -2.29. The van der Waals surface area contributed by atoms with Gasteiger partial charge in [-0.1, -0.05) is 36.4 Å². The highest BCUT2D eigenvalue weighted by Crippen LogP contribution is 2.45. The minimum Gasteiger partial charge on any atom is -0.280 e. The van der Waals surface area contributed by atoms with Gasteiger partial charge in [-0.15, -0.1) is 0 Å². The Balaban J connectivity index is 1.35. The van der Waals surface area contributed by atoms with Gasteiger partial charge in [0.15, 0.2) is 0 Å². The molecule has 0 spiro atoms. The number of carbonyl (C=O) groups is 1. The number of halogens is 5. The van der Waals surface area contributed by atoms with Gasteiger partial charge in [0.25, 0.3) is 15.9 Å². The molecule has 4 aromatic carbocycles. The molecular weight excluding hydrogens is 625 g/mol. The summed E-state index contributed by atoms with van der Waals surface area (Å²) in [6.45, 7) is 0. The van der Waals surface area contributed by atoms with E-state index in [4.69, 9.17) is 5.10 Å². The third kappa shape index (κ3) is 6.43. The average Bonchev–Trinajstić information content (AvgIpc) is 3.42. The lowest BCUT2D eigenvalue weighted by atomic mass is 9.77. The molecule has 12 heteroatoms. The Hall–Kier alpha value is -4.84. The molecular formula is C34H26F5N3O3S. The minimum absolute atomic E-state index is 0.0221. The van der Waals surface area contributed by atoms with E-state index in [0.717, 1.165) is 35.8 Å². The van der Waals surface area contributed by atoms with Crippen LogP contribution in [-0.4, -0.2) is 25.0 Å². The summed E-state index contributed by atoms with van der Waals surface area (Å²) in [5.74, 6) is -1.69. The van der Waals surface area contributed by atoms with Crippen LogP contribution in [-0.2, 0) is 16.2 Å². The maximum absolute atomic E-state index is 14.1. The molecule has 0 saturated heterocycles. The van der Waals surface area contributed by atoms with Gasteiger partial charge in [0.05, 0.1) is 22.2 Å². The molecule has 4 aromatic rings. The van der Waals surface area contributed by atoms with Crippen molar-refractivity contribution in [3.63, 3.8) is 0 Å². The number of nitrogens with zero attached hydrogens (tertiary/aromatic N) is 2. The fraction of sp³-hybridized carbons (Fsp3) is 0.176. The number of carbonyl (C=O) groups excluding carboxylic acids is 1. The van der Waals surface area contributed by atoms with E-state index in [9.17, 15) is 35.2 Å². The molecule has 2 unspecified atom stereocenters. The van der Waals surface area contributed by atoms with E-state index in [-0.39, 0.29) is 27.9 Å². The molecule has 46 heavy (non-hydrogen) atoms. The first-order valence-corrected chi connectivity index (χ1v) is 15.8. The van der Waals surface area contributed by atoms with Gasteiger partial charge in [-0.05, 0) is 103 Å². The van der Waals surface area contributed by atoms with Crippen LogP contribution in [0.15, 0.2) is 113 Å². The Morgan fingerprint density at radius 1 is 0.891 bits per heavy atom. The second kappa shape index (κ2) is 12.2. The molecule has 1 fully saturated rings. The van der Waals surface area contributed by atoms with Gasteiger partial charge < -0.3 is 0 Å². The predicted octanol–water partition coefficient (Wildman–Crippen LogP) is 8.22. The number of hydrazone groups is 1. The van der Waals surface area contributed by atoms with Crippen molar-refractivity contribution >= 4 is 33.4 Å². The standard InChI is InChI=1S/C34H26F5N3O3S/c35-26-14-10-21(11-15-26)18-23-4-2-9-30-31(23)40-42(32(30)22-12-16-27(36)17-13-22)33(43)24-5-1-8-29(19-24)46(44,45)41-28-7-3-6-25(20-28)34(37,38)39/h1,3,5-8,10-20,30,32,41H,2,4,9H2/b23-18-. The summed E-state index contributed by atoms with van der Waals surface area (Å²) in [6, 6.07) is 20.0. The quantitative estimate of drug-likeness (QED) is 0.214. The van der Waals surface area contributed by atoms with Gasteiger partial charge in [0.2, 0.25) is 0 Å². The third-order valence-electron chi connectivity index (χ3n) is 7.97. The topological polar surface area (TPSA) is 78.8 Å². The van der Waals surface area contributed by atoms with Gasteiger partial charge in [-0.2, -0.15) is 18.3 Å². The normalized spacial score (nSPS) is 19.1. The summed E-state index contributed by atoms with van der Waals surface area (Å²) < 4.78 is 95.5. The molecule has 1 N–H and O–H groups in total. The first kappa shape index (κ1) is 31.2.